The van der Waals surface area contributed by atoms with Crippen LogP contribution in [0.15, 0.2) is 66.7 Å². The smallest absolute Gasteiger partial charge is 0.182 e. The molecular formula is C23H21N5OS2. The monoisotopic (exact) mass is 447 g/mol. The SMILES string of the molecule is C=CCCC(=O)c1csc(-c2cnc(Nc3ccc4ncsc4c3)cc2NCC=C)n1. The summed E-state index contributed by atoms with van der Waals surface area (Å²) < 4.78 is 1.11. The number of anilines is 3. The summed E-state index contributed by atoms with van der Waals surface area (Å²) >= 11 is 3.04. The van der Waals surface area contributed by atoms with E-state index in [0.29, 0.717) is 30.9 Å². The van der Waals surface area contributed by atoms with Crippen LogP contribution in [0.5, 0.6) is 0 Å². The molecule has 0 unspecified atom stereocenters. The third-order valence-electron chi connectivity index (χ3n) is 4.54. The molecule has 0 aliphatic heterocycles. The van der Waals surface area contributed by atoms with Crippen LogP contribution in [-0.2, 0) is 0 Å². The van der Waals surface area contributed by atoms with Crippen LogP contribution in [0.1, 0.15) is 23.3 Å². The Kier molecular flexibility index (Phi) is 6.49. The number of benzene rings is 1. The zero-order chi connectivity index (χ0) is 21.6. The maximum Gasteiger partial charge on any atom is 0.182 e. The molecule has 2 N–H and O–H groups in total. The molecule has 0 aliphatic rings. The zero-order valence-corrected chi connectivity index (χ0v) is 18.4. The Morgan fingerprint density at radius 1 is 1.13 bits per heavy atom. The molecule has 1 aromatic carbocycles. The van der Waals surface area contributed by atoms with Gasteiger partial charge in [0.15, 0.2) is 5.78 Å². The molecule has 0 atom stereocenters. The van der Waals surface area contributed by atoms with Crippen molar-refractivity contribution in [2.75, 3.05) is 17.2 Å². The van der Waals surface area contributed by atoms with Crippen molar-refractivity contribution < 1.29 is 4.79 Å². The van der Waals surface area contributed by atoms with Crippen molar-refractivity contribution in [2.45, 2.75) is 12.8 Å². The number of hydrogen-bond acceptors (Lipinski definition) is 8. The third kappa shape index (κ3) is 4.87. The molecule has 0 spiro atoms. The number of nitrogens with one attached hydrogen (secondary N) is 2. The number of pyridine rings is 1. The lowest BCUT2D eigenvalue weighted by Crippen LogP contribution is -2.03. The fourth-order valence-electron chi connectivity index (χ4n) is 2.99. The number of ketones is 1. The maximum absolute atomic E-state index is 12.3. The van der Waals surface area contributed by atoms with E-state index < -0.39 is 0 Å². The van der Waals surface area contributed by atoms with Crippen LogP contribution in [-0.4, -0.2) is 27.3 Å². The summed E-state index contributed by atoms with van der Waals surface area (Å²) in [5.74, 6) is 0.728. The number of Topliss-reactive ketones (excluding diaryl/α,β-unsaturated/α-hetero) is 1. The Hall–Kier alpha value is -3.36. The van der Waals surface area contributed by atoms with Gasteiger partial charge in [-0.05, 0) is 24.6 Å². The predicted molar refractivity (Wildman–Crippen MR) is 131 cm³/mol. The number of allylic oxidation sites excluding steroid dienone is 1. The summed E-state index contributed by atoms with van der Waals surface area (Å²) in [5, 5.41) is 9.25. The first-order valence-corrected chi connectivity index (χ1v) is 11.5. The van der Waals surface area contributed by atoms with Gasteiger partial charge in [0.05, 0.1) is 21.3 Å². The molecule has 3 aromatic heterocycles. The average molecular weight is 448 g/mol. The molecule has 0 aliphatic carbocycles. The molecule has 8 heteroatoms. The lowest BCUT2D eigenvalue weighted by molar-refractivity contribution is 0.0979. The maximum atomic E-state index is 12.3. The summed E-state index contributed by atoms with van der Waals surface area (Å²) in [7, 11) is 0. The number of nitrogens with zero attached hydrogens (tertiary/aromatic N) is 3. The molecule has 156 valence electrons. The van der Waals surface area contributed by atoms with Gasteiger partial charge in [-0.3, -0.25) is 4.79 Å². The van der Waals surface area contributed by atoms with E-state index in [1.807, 2.05) is 23.7 Å². The Morgan fingerprint density at radius 3 is 2.87 bits per heavy atom. The standard InChI is InChI=1S/C23H21N5OS2/c1-3-5-6-20(29)19-13-30-23(28-19)16-12-25-22(11-18(16)24-9-4-2)27-15-7-8-17-21(10-15)31-14-26-17/h3-4,7-8,10-14H,1-2,5-6,9H2,(H2,24,25,27). The largest absolute Gasteiger partial charge is 0.381 e. The van der Waals surface area contributed by atoms with Gasteiger partial charge in [0.1, 0.15) is 16.5 Å². The van der Waals surface area contributed by atoms with E-state index in [9.17, 15) is 4.79 Å². The summed E-state index contributed by atoms with van der Waals surface area (Å²) in [5.41, 5.74) is 5.96. The Labute approximate surface area is 188 Å². The Morgan fingerprint density at radius 2 is 2.03 bits per heavy atom. The summed E-state index contributed by atoms with van der Waals surface area (Å²) in [6, 6.07) is 7.97. The van der Waals surface area contributed by atoms with Gasteiger partial charge in [0.25, 0.3) is 0 Å². The number of rotatable bonds is 10. The molecule has 0 radical (unpaired) electrons. The van der Waals surface area contributed by atoms with Crippen LogP contribution in [0.4, 0.5) is 17.2 Å². The van der Waals surface area contributed by atoms with Crippen LogP contribution in [0.2, 0.25) is 0 Å². The second kappa shape index (κ2) is 9.63. The van der Waals surface area contributed by atoms with E-state index in [1.54, 1.807) is 35.1 Å². The van der Waals surface area contributed by atoms with Crippen LogP contribution in [0.3, 0.4) is 0 Å². The lowest BCUT2D eigenvalue weighted by Gasteiger charge is -2.12. The summed E-state index contributed by atoms with van der Waals surface area (Å²) in [4.78, 5) is 25.7. The number of fused-ring (bicyclic) bond motifs is 1. The molecule has 4 rings (SSSR count). The highest BCUT2D eigenvalue weighted by molar-refractivity contribution is 7.16. The summed E-state index contributed by atoms with van der Waals surface area (Å²) in [6.45, 7) is 8.05. The van der Waals surface area contributed by atoms with Gasteiger partial charge in [-0.2, -0.15) is 0 Å². The normalized spacial score (nSPS) is 10.7. The van der Waals surface area contributed by atoms with Crippen molar-refractivity contribution in [2.24, 2.45) is 0 Å². The van der Waals surface area contributed by atoms with Gasteiger partial charge >= 0.3 is 0 Å². The fourth-order valence-corrected chi connectivity index (χ4v) is 4.55. The minimum Gasteiger partial charge on any atom is -0.381 e. The highest BCUT2D eigenvalue weighted by atomic mass is 32.1. The van der Waals surface area contributed by atoms with E-state index in [-0.39, 0.29) is 5.78 Å². The fraction of sp³-hybridized carbons (Fsp3) is 0.130. The van der Waals surface area contributed by atoms with Gasteiger partial charge < -0.3 is 10.6 Å². The van der Waals surface area contributed by atoms with Gasteiger partial charge in [0, 0.05) is 42.0 Å². The number of aromatic nitrogens is 3. The molecule has 0 amide bonds. The molecule has 3 heterocycles. The van der Waals surface area contributed by atoms with Crippen LogP contribution in [0.25, 0.3) is 20.8 Å². The van der Waals surface area contributed by atoms with Gasteiger partial charge in [-0.1, -0.05) is 12.2 Å². The van der Waals surface area contributed by atoms with E-state index in [0.717, 1.165) is 32.2 Å². The van der Waals surface area contributed by atoms with Crippen molar-refractivity contribution in [1.29, 1.82) is 0 Å². The molecule has 4 aromatic rings. The van der Waals surface area contributed by atoms with Crippen LogP contribution >= 0.6 is 22.7 Å². The van der Waals surface area contributed by atoms with Gasteiger partial charge in [-0.25, -0.2) is 15.0 Å². The van der Waals surface area contributed by atoms with Crippen LogP contribution < -0.4 is 10.6 Å². The minimum absolute atomic E-state index is 0.0210. The zero-order valence-electron chi connectivity index (χ0n) is 16.8. The predicted octanol–water partition coefficient (Wildman–Crippen LogP) is 6.31. The third-order valence-corrected chi connectivity index (χ3v) is 6.21. The highest BCUT2D eigenvalue weighted by Crippen LogP contribution is 2.33. The Bertz CT molecular complexity index is 1240. The van der Waals surface area contributed by atoms with Crippen molar-refractivity contribution >= 4 is 55.9 Å². The number of carbonyl (C=O) groups excluding carboxylic acids is 1. The van der Waals surface area contributed by atoms with Crippen molar-refractivity contribution in [3.05, 3.63) is 72.4 Å². The second-order valence-corrected chi connectivity index (χ2v) is 8.48. The molecular weight excluding hydrogens is 426 g/mol. The average Bonchev–Trinajstić information content (AvgIpc) is 3.45. The minimum atomic E-state index is 0.0210. The Balaban J connectivity index is 1.60. The second-order valence-electron chi connectivity index (χ2n) is 6.73. The molecule has 0 saturated carbocycles. The molecule has 0 bridgehead atoms. The van der Waals surface area contributed by atoms with E-state index in [2.05, 4.69) is 44.8 Å². The van der Waals surface area contributed by atoms with Crippen LogP contribution in [0, 0.1) is 0 Å². The van der Waals surface area contributed by atoms with E-state index >= 15 is 0 Å². The lowest BCUT2D eigenvalue weighted by atomic mass is 10.2. The van der Waals surface area contributed by atoms with E-state index in [1.165, 1.54) is 11.3 Å². The van der Waals surface area contributed by atoms with Crippen molar-refractivity contribution in [3.8, 4) is 10.6 Å². The van der Waals surface area contributed by atoms with Gasteiger partial charge in [-0.15, -0.1) is 35.8 Å². The quantitative estimate of drug-likeness (QED) is 0.219. The first kappa shape index (κ1) is 20.9. The molecule has 0 fully saturated rings. The first-order chi connectivity index (χ1) is 15.2. The molecule has 6 nitrogen and oxygen atoms in total. The van der Waals surface area contributed by atoms with Crippen molar-refractivity contribution in [1.82, 2.24) is 15.0 Å². The highest BCUT2D eigenvalue weighted by Gasteiger charge is 2.15. The molecule has 31 heavy (non-hydrogen) atoms. The number of carbonyl (C=O) groups is 1. The number of thiazole rings is 2. The summed E-state index contributed by atoms with van der Waals surface area (Å²) in [6.07, 6.45) is 6.37. The van der Waals surface area contributed by atoms with Gasteiger partial charge in [0.2, 0.25) is 0 Å². The number of hydrogen-bond donors (Lipinski definition) is 2. The topological polar surface area (TPSA) is 79.8 Å². The van der Waals surface area contributed by atoms with E-state index in [4.69, 9.17) is 0 Å². The first-order valence-electron chi connectivity index (χ1n) is 9.73. The molecule has 0 saturated heterocycles. The van der Waals surface area contributed by atoms with Crippen molar-refractivity contribution in [3.63, 3.8) is 0 Å².